The summed E-state index contributed by atoms with van der Waals surface area (Å²) < 4.78 is 0. The molecule has 0 rings (SSSR count). The zero-order valence-electron chi connectivity index (χ0n) is 6.51. The first-order chi connectivity index (χ1) is 4.46. The van der Waals surface area contributed by atoms with Gasteiger partial charge >= 0.3 is 5.97 Å². The van der Waals surface area contributed by atoms with Gasteiger partial charge in [-0.05, 0) is 12.8 Å². The Morgan fingerprint density at radius 2 is 1.90 bits per heavy atom. The van der Waals surface area contributed by atoms with Crippen molar-refractivity contribution in [1.82, 2.24) is 0 Å². The van der Waals surface area contributed by atoms with Gasteiger partial charge in [0.15, 0.2) is 0 Å². The van der Waals surface area contributed by atoms with Crippen LogP contribution in [0.2, 0.25) is 0 Å². The Morgan fingerprint density at radius 1 is 1.50 bits per heavy atom. The molecule has 58 valence electrons. The molecule has 0 aromatic heterocycles. The van der Waals surface area contributed by atoms with E-state index in [-0.39, 0.29) is 5.92 Å². The van der Waals surface area contributed by atoms with E-state index in [2.05, 4.69) is 0 Å². The maximum absolute atomic E-state index is 10.4. The lowest BCUT2D eigenvalue weighted by Crippen LogP contribution is -2.13. The molecule has 0 unspecified atom stereocenters. The van der Waals surface area contributed by atoms with Gasteiger partial charge in [-0.25, -0.2) is 4.79 Å². The smallest absolute Gasteiger partial charge is 0.333 e. The van der Waals surface area contributed by atoms with Gasteiger partial charge in [-0.2, -0.15) is 0 Å². The molecule has 0 spiro atoms. The predicted octanol–water partition coefficient (Wildman–Crippen LogP) is 0.960. The topological polar surface area (TPSA) is 63.3 Å². The van der Waals surface area contributed by atoms with Crippen molar-refractivity contribution < 1.29 is 9.90 Å². The number of allylic oxidation sites excluding steroid dienone is 1. The fraction of sp³-hybridized carbons (Fsp3) is 0.571. The Hall–Kier alpha value is -0.990. The van der Waals surface area contributed by atoms with Gasteiger partial charge in [-0.1, -0.05) is 13.8 Å². The molecule has 3 heteroatoms. The standard InChI is InChI=1S/C7H13NO2/c1-4(2)6(5(3)8)7(9)10/h4H,8H2,1-3H3,(H,9,10)/b6-5+. The van der Waals surface area contributed by atoms with Gasteiger partial charge in [0.25, 0.3) is 0 Å². The van der Waals surface area contributed by atoms with Crippen LogP contribution in [0, 0.1) is 5.92 Å². The molecule has 10 heavy (non-hydrogen) atoms. The number of rotatable bonds is 2. The third kappa shape index (κ3) is 2.09. The van der Waals surface area contributed by atoms with Gasteiger partial charge in [-0.3, -0.25) is 0 Å². The zero-order valence-corrected chi connectivity index (χ0v) is 6.51. The van der Waals surface area contributed by atoms with Crippen molar-refractivity contribution in [2.24, 2.45) is 11.7 Å². The second-order valence-electron chi connectivity index (χ2n) is 2.56. The molecule has 0 amide bonds. The summed E-state index contributed by atoms with van der Waals surface area (Å²) >= 11 is 0. The summed E-state index contributed by atoms with van der Waals surface area (Å²) in [6, 6.07) is 0. The molecule has 0 aliphatic rings. The molecule has 0 saturated carbocycles. The summed E-state index contributed by atoms with van der Waals surface area (Å²) in [7, 11) is 0. The van der Waals surface area contributed by atoms with Crippen molar-refractivity contribution in [3.63, 3.8) is 0 Å². The predicted molar refractivity (Wildman–Crippen MR) is 39.4 cm³/mol. The van der Waals surface area contributed by atoms with Crippen LogP contribution < -0.4 is 5.73 Å². The number of hydrogen-bond acceptors (Lipinski definition) is 2. The van der Waals surface area contributed by atoms with Crippen molar-refractivity contribution in [2.75, 3.05) is 0 Å². The third-order valence-corrected chi connectivity index (χ3v) is 1.23. The minimum absolute atomic E-state index is 0.0116. The number of hydrogen-bond donors (Lipinski definition) is 2. The lowest BCUT2D eigenvalue weighted by molar-refractivity contribution is -0.133. The summed E-state index contributed by atoms with van der Waals surface area (Å²) in [5.41, 5.74) is 6.03. The molecule has 0 atom stereocenters. The molecule has 0 aliphatic carbocycles. The summed E-state index contributed by atoms with van der Waals surface area (Å²) in [4.78, 5) is 10.4. The summed E-state index contributed by atoms with van der Waals surface area (Å²) in [5.74, 6) is -0.933. The molecule has 0 aromatic rings. The van der Waals surface area contributed by atoms with Gasteiger partial charge in [0.05, 0.1) is 5.57 Å². The Labute approximate surface area is 60.5 Å². The van der Waals surface area contributed by atoms with Gasteiger partial charge < -0.3 is 10.8 Å². The maximum atomic E-state index is 10.4. The molecule has 0 bridgehead atoms. The highest BCUT2D eigenvalue weighted by atomic mass is 16.4. The zero-order chi connectivity index (χ0) is 8.31. The highest BCUT2D eigenvalue weighted by Gasteiger charge is 2.13. The Morgan fingerprint density at radius 3 is 1.90 bits per heavy atom. The Kier molecular flexibility index (Phi) is 2.93. The lowest BCUT2D eigenvalue weighted by atomic mass is 10.0. The highest BCUT2D eigenvalue weighted by Crippen LogP contribution is 2.11. The van der Waals surface area contributed by atoms with Crippen molar-refractivity contribution in [1.29, 1.82) is 0 Å². The molecule has 3 nitrogen and oxygen atoms in total. The van der Waals surface area contributed by atoms with Crippen LogP contribution in [0.5, 0.6) is 0 Å². The minimum atomic E-state index is -0.921. The molecular weight excluding hydrogens is 130 g/mol. The van der Waals surface area contributed by atoms with Crippen molar-refractivity contribution >= 4 is 5.97 Å². The van der Waals surface area contributed by atoms with Gasteiger partial charge in [0.1, 0.15) is 0 Å². The van der Waals surface area contributed by atoms with E-state index in [1.165, 1.54) is 0 Å². The quantitative estimate of drug-likeness (QED) is 0.566. The molecular formula is C7H13NO2. The largest absolute Gasteiger partial charge is 0.478 e. The average molecular weight is 143 g/mol. The number of carboxylic acids is 1. The number of aliphatic carboxylic acids is 1. The van der Waals surface area contributed by atoms with Crippen LogP contribution in [-0.4, -0.2) is 11.1 Å². The van der Waals surface area contributed by atoms with E-state index in [9.17, 15) is 4.79 Å². The molecule has 0 heterocycles. The normalized spacial score (nSPS) is 13.2. The van der Waals surface area contributed by atoms with Crippen LogP contribution in [0.1, 0.15) is 20.8 Å². The van der Waals surface area contributed by atoms with Crippen LogP contribution >= 0.6 is 0 Å². The number of carbonyl (C=O) groups is 1. The van der Waals surface area contributed by atoms with Crippen LogP contribution in [0.4, 0.5) is 0 Å². The first-order valence-electron chi connectivity index (χ1n) is 3.16. The van der Waals surface area contributed by atoms with Crippen LogP contribution in [0.3, 0.4) is 0 Å². The minimum Gasteiger partial charge on any atom is -0.478 e. The Bertz CT molecular complexity index is 166. The van der Waals surface area contributed by atoms with E-state index < -0.39 is 5.97 Å². The second-order valence-corrected chi connectivity index (χ2v) is 2.56. The van der Waals surface area contributed by atoms with Crippen molar-refractivity contribution in [3.05, 3.63) is 11.3 Å². The summed E-state index contributed by atoms with van der Waals surface area (Å²) in [6.45, 7) is 5.21. The molecule has 0 aromatic carbocycles. The second kappa shape index (κ2) is 3.25. The maximum Gasteiger partial charge on any atom is 0.333 e. The number of nitrogens with two attached hydrogens (primary N) is 1. The SMILES string of the molecule is C/C(N)=C(\C(=O)O)C(C)C. The average Bonchev–Trinajstić information content (AvgIpc) is 1.59. The van der Waals surface area contributed by atoms with Crippen LogP contribution in [0.25, 0.3) is 0 Å². The fourth-order valence-corrected chi connectivity index (χ4v) is 0.871. The van der Waals surface area contributed by atoms with Gasteiger partial charge in [0.2, 0.25) is 0 Å². The van der Waals surface area contributed by atoms with Gasteiger partial charge in [0, 0.05) is 5.70 Å². The monoisotopic (exact) mass is 143 g/mol. The van der Waals surface area contributed by atoms with E-state index >= 15 is 0 Å². The Balaban J connectivity index is 4.61. The summed E-state index contributed by atoms with van der Waals surface area (Å²) in [6.07, 6.45) is 0. The van der Waals surface area contributed by atoms with E-state index in [0.717, 1.165) is 0 Å². The molecule has 0 fully saturated rings. The first kappa shape index (κ1) is 9.01. The van der Waals surface area contributed by atoms with Gasteiger partial charge in [-0.15, -0.1) is 0 Å². The van der Waals surface area contributed by atoms with Crippen molar-refractivity contribution in [3.8, 4) is 0 Å². The first-order valence-corrected chi connectivity index (χ1v) is 3.16. The molecule has 0 radical (unpaired) electrons. The number of carboxylic acid groups (broad SMARTS) is 1. The molecule has 0 saturated heterocycles. The van der Waals surface area contributed by atoms with E-state index in [0.29, 0.717) is 11.3 Å². The van der Waals surface area contributed by atoms with E-state index in [1.54, 1.807) is 20.8 Å². The molecule has 3 N–H and O–H groups in total. The fourth-order valence-electron chi connectivity index (χ4n) is 0.871. The third-order valence-electron chi connectivity index (χ3n) is 1.23. The van der Waals surface area contributed by atoms with E-state index in [1.807, 2.05) is 0 Å². The lowest BCUT2D eigenvalue weighted by Gasteiger charge is -2.06. The molecule has 0 aliphatic heterocycles. The van der Waals surface area contributed by atoms with Crippen LogP contribution in [0.15, 0.2) is 11.3 Å². The van der Waals surface area contributed by atoms with E-state index in [4.69, 9.17) is 10.8 Å². The summed E-state index contributed by atoms with van der Waals surface area (Å²) in [5, 5.41) is 8.58. The van der Waals surface area contributed by atoms with Crippen molar-refractivity contribution in [2.45, 2.75) is 20.8 Å². The highest BCUT2D eigenvalue weighted by molar-refractivity contribution is 5.87. The van der Waals surface area contributed by atoms with Crippen LogP contribution in [-0.2, 0) is 4.79 Å².